The van der Waals surface area contributed by atoms with Crippen LogP contribution in [0.15, 0.2) is 59.6 Å². The molecule has 0 heterocycles. The van der Waals surface area contributed by atoms with Gasteiger partial charge in [-0.2, -0.15) is 4.99 Å². The van der Waals surface area contributed by atoms with Gasteiger partial charge in [-0.15, -0.1) is 0 Å². The van der Waals surface area contributed by atoms with Crippen LogP contribution in [0, 0.1) is 0 Å². The predicted octanol–water partition coefficient (Wildman–Crippen LogP) is 4.46. The zero-order valence-corrected chi connectivity index (χ0v) is 11.4. The molecular formula is C18H17NO. The minimum absolute atomic E-state index is 0.367. The topological polar surface area (TPSA) is 29.4 Å². The molecule has 1 aliphatic rings. The van der Waals surface area contributed by atoms with E-state index >= 15 is 0 Å². The summed E-state index contributed by atoms with van der Waals surface area (Å²) in [7, 11) is 0. The van der Waals surface area contributed by atoms with E-state index in [4.69, 9.17) is 0 Å². The van der Waals surface area contributed by atoms with E-state index in [9.17, 15) is 4.79 Å². The molecule has 2 nitrogen and oxygen atoms in total. The molecule has 0 N–H and O–H groups in total. The third kappa shape index (κ3) is 2.19. The minimum Gasteiger partial charge on any atom is -0.211 e. The van der Waals surface area contributed by atoms with Crippen LogP contribution >= 0.6 is 0 Å². The summed E-state index contributed by atoms with van der Waals surface area (Å²) in [6.07, 6.45) is 5.91. The Labute approximate surface area is 119 Å². The van der Waals surface area contributed by atoms with Crippen LogP contribution in [-0.2, 0) is 10.3 Å². The lowest BCUT2D eigenvalue weighted by Gasteiger charge is -2.26. The quantitative estimate of drug-likeness (QED) is 0.594. The summed E-state index contributed by atoms with van der Waals surface area (Å²) in [5.41, 5.74) is 3.14. The summed E-state index contributed by atoms with van der Waals surface area (Å²) in [5, 5.41) is 0. The third-order valence-electron chi connectivity index (χ3n) is 4.20. The van der Waals surface area contributed by atoms with Crippen LogP contribution in [-0.4, -0.2) is 6.08 Å². The maximum atomic E-state index is 10.9. The molecule has 0 saturated heterocycles. The van der Waals surface area contributed by atoms with Crippen molar-refractivity contribution in [1.82, 2.24) is 0 Å². The third-order valence-corrected chi connectivity index (χ3v) is 4.20. The van der Waals surface area contributed by atoms with Crippen molar-refractivity contribution in [1.29, 1.82) is 0 Å². The minimum atomic E-state index is -0.367. The van der Waals surface area contributed by atoms with Crippen LogP contribution in [0.2, 0.25) is 0 Å². The van der Waals surface area contributed by atoms with E-state index in [0.717, 1.165) is 31.2 Å². The Kier molecular flexibility index (Phi) is 3.49. The lowest BCUT2D eigenvalue weighted by atomic mass is 9.83. The summed E-state index contributed by atoms with van der Waals surface area (Å²) in [6.45, 7) is 0. The first-order valence-corrected chi connectivity index (χ1v) is 7.10. The molecule has 1 saturated carbocycles. The number of carbonyl (C=O) groups excluding carboxylic acids is 1. The first-order valence-electron chi connectivity index (χ1n) is 7.10. The van der Waals surface area contributed by atoms with Crippen molar-refractivity contribution < 1.29 is 4.79 Å². The molecule has 2 aromatic carbocycles. The van der Waals surface area contributed by atoms with Crippen molar-refractivity contribution >= 4 is 6.08 Å². The number of hydrogen-bond donors (Lipinski definition) is 0. The van der Waals surface area contributed by atoms with Gasteiger partial charge < -0.3 is 0 Å². The molecule has 0 amide bonds. The lowest BCUT2D eigenvalue weighted by molar-refractivity contribution is 0.457. The Morgan fingerprint density at radius 3 is 2.25 bits per heavy atom. The van der Waals surface area contributed by atoms with E-state index in [1.54, 1.807) is 6.08 Å². The van der Waals surface area contributed by atoms with Gasteiger partial charge in [-0.1, -0.05) is 67.4 Å². The highest BCUT2D eigenvalue weighted by Gasteiger charge is 2.37. The first kappa shape index (κ1) is 12.8. The fourth-order valence-electron chi connectivity index (χ4n) is 3.25. The van der Waals surface area contributed by atoms with Gasteiger partial charge in [0.15, 0.2) is 0 Å². The molecule has 0 radical (unpaired) electrons. The molecule has 2 heteroatoms. The summed E-state index contributed by atoms with van der Waals surface area (Å²) in [6, 6.07) is 18.6. The normalized spacial score (nSPS) is 16.6. The van der Waals surface area contributed by atoms with Crippen LogP contribution in [0.4, 0.5) is 0 Å². The SMILES string of the molecule is O=C=NC1(c2ccccc2-c2ccccc2)CCCC1. The largest absolute Gasteiger partial charge is 0.235 e. The van der Waals surface area contributed by atoms with E-state index in [1.807, 2.05) is 30.3 Å². The van der Waals surface area contributed by atoms with Crippen molar-refractivity contribution in [3.63, 3.8) is 0 Å². The second kappa shape index (κ2) is 5.44. The van der Waals surface area contributed by atoms with E-state index in [-0.39, 0.29) is 5.54 Å². The van der Waals surface area contributed by atoms with Crippen molar-refractivity contribution in [3.05, 3.63) is 60.2 Å². The lowest BCUT2D eigenvalue weighted by Crippen LogP contribution is -2.20. The highest BCUT2D eigenvalue weighted by Crippen LogP contribution is 2.45. The number of rotatable bonds is 3. The predicted molar refractivity (Wildman–Crippen MR) is 80.1 cm³/mol. The van der Waals surface area contributed by atoms with E-state index in [0.29, 0.717) is 0 Å². The van der Waals surface area contributed by atoms with Gasteiger partial charge in [-0.3, -0.25) is 0 Å². The summed E-state index contributed by atoms with van der Waals surface area (Å²) >= 11 is 0. The average Bonchev–Trinajstić information content (AvgIpc) is 2.98. The Balaban J connectivity index is 2.17. The molecule has 0 aliphatic heterocycles. The summed E-state index contributed by atoms with van der Waals surface area (Å²) < 4.78 is 0. The number of benzene rings is 2. The van der Waals surface area contributed by atoms with Gasteiger partial charge in [0.2, 0.25) is 6.08 Å². The number of aliphatic imine (C=N–C) groups is 1. The second-order valence-corrected chi connectivity index (χ2v) is 5.35. The Hall–Kier alpha value is -2.18. The van der Waals surface area contributed by atoms with Crippen molar-refractivity contribution in [3.8, 4) is 11.1 Å². The molecule has 0 unspecified atom stereocenters. The van der Waals surface area contributed by atoms with Crippen LogP contribution in [0.25, 0.3) is 11.1 Å². The average molecular weight is 263 g/mol. The van der Waals surface area contributed by atoms with Gasteiger partial charge in [0, 0.05) is 0 Å². The van der Waals surface area contributed by atoms with Crippen molar-refractivity contribution in [2.24, 2.45) is 4.99 Å². The molecule has 2 aromatic rings. The zero-order chi connectivity index (χ0) is 13.8. The molecule has 0 aromatic heterocycles. The summed E-state index contributed by atoms with van der Waals surface area (Å²) in [5.74, 6) is 0. The van der Waals surface area contributed by atoms with Gasteiger partial charge in [-0.05, 0) is 29.5 Å². The standard InChI is InChI=1S/C18H17NO/c20-14-19-18(12-6-7-13-18)17-11-5-4-10-16(17)15-8-2-1-3-9-15/h1-5,8-11H,6-7,12-13H2. The fourth-order valence-corrected chi connectivity index (χ4v) is 3.25. The van der Waals surface area contributed by atoms with Gasteiger partial charge in [0.1, 0.15) is 0 Å². The Morgan fingerprint density at radius 1 is 0.900 bits per heavy atom. The maximum Gasteiger partial charge on any atom is 0.235 e. The molecule has 3 rings (SSSR count). The van der Waals surface area contributed by atoms with Gasteiger partial charge >= 0.3 is 0 Å². The second-order valence-electron chi connectivity index (χ2n) is 5.35. The number of nitrogens with zero attached hydrogens (tertiary/aromatic N) is 1. The maximum absolute atomic E-state index is 10.9. The van der Waals surface area contributed by atoms with E-state index in [1.165, 1.54) is 11.1 Å². The molecule has 1 fully saturated rings. The fraction of sp³-hybridized carbons (Fsp3) is 0.278. The Bertz CT molecular complexity index is 635. The number of isocyanates is 1. The Morgan fingerprint density at radius 2 is 1.55 bits per heavy atom. The first-order chi connectivity index (χ1) is 9.86. The van der Waals surface area contributed by atoms with E-state index in [2.05, 4.69) is 29.3 Å². The van der Waals surface area contributed by atoms with Gasteiger partial charge in [0.25, 0.3) is 0 Å². The van der Waals surface area contributed by atoms with Crippen LogP contribution in [0.1, 0.15) is 31.2 Å². The highest BCUT2D eigenvalue weighted by molar-refractivity contribution is 5.69. The van der Waals surface area contributed by atoms with Crippen molar-refractivity contribution in [2.45, 2.75) is 31.2 Å². The van der Waals surface area contributed by atoms with Gasteiger partial charge in [0.05, 0.1) is 5.54 Å². The molecule has 0 spiro atoms. The van der Waals surface area contributed by atoms with Crippen LogP contribution < -0.4 is 0 Å². The summed E-state index contributed by atoms with van der Waals surface area (Å²) in [4.78, 5) is 15.1. The van der Waals surface area contributed by atoms with Crippen LogP contribution in [0.3, 0.4) is 0 Å². The molecular weight excluding hydrogens is 246 g/mol. The highest BCUT2D eigenvalue weighted by atomic mass is 16.1. The molecule has 100 valence electrons. The van der Waals surface area contributed by atoms with Crippen LogP contribution in [0.5, 0.6) is 0 Å². The molecule has 20 heavy (non-hydrogen) atoms. The van der Waals surface area contributed by atoms with Crippen molar-refractivity contribution in [2.75, 3.05) is 0 Å². The van der Waals surface area contributed by atoms with E-state index < -0.39 is 0 Å². The number of hydrogen-bond acceptors (Lipinski definition) is 2. The van der Waals surface area contributed by atoms with Gasteiger partial charge in [-0.25, -0.2) is 4.79 Å². The molecule has 0 atom stereocenters. The smallest absolute Gasteiger partial charge is 0.211 e. The zero-order valence-electron chi connectivity index (χ0n) is 11.4. The monoisotopic (exact) mass is 263 g/mol. The molecule has 0 bridgehead atoms. The molecule has 1 aliphatic carbocycles.